The predicted molar refractivity (Wildman–Crippen MR) is 107 cm³/mol. The van der Waals surface area contributed by atoms with Crippen LogP contribution in [-0.4, -0.2) is 12.8 Å². The molecule has 0 saturated carbocycles. The van der Waals surface area contributed by atoms with E-state index in [1.165, 1.54) is 6.08 Å². The topological polar surface area (TPSA) is 77.4 Å². The third kappa shape index (κ3) is 5.48. The Hall–Kier alpha value is -3.10. The molecule has 0 atom stereocenters. The highest BCUT2D eigenvalue weighted by Gasteiger charge is 2.07. The number of nitriles is 1. The minimum atomic E-state index is 0.439. The molecule has 1 rings (SSSR count). The molecular weight excluding hydrogens is 310 g/mol. The molecule has 1 aromatic rings. The Morgan fingerprint density at radius 1 is 1.44 bits per heavy atom. The molecule has 3 N–H and O–H groups in total. The van der Waals surface area contributed by atoms with Crippen LogP contribution in [0, 0.1) is 11.3 Å². The number of allylic oxidation sites excluding steroid dienone is 5. The van der Waals surface area contributed by atoms with Gasteiger partial charge in [-0.15, -0.1) is 0 Å². The molecule has 0 saturated heterocycles. The second kappa shape index (κ2) is 9.91. The van der Waals surface area contributed by atoms with Gasteiger partial charge in [-0.25, -0.2) is 0 Å². The van der Waals surface area contributed by atoms with Crippen LogP contribution in [0.3, 0.4) is 0 Å². The maximum Gasteiger partial charge on any atom is 0.101 e. The molecule has 5 nitrogen and oxygen atoms in total. The summed E-state index contributed by atoms with van der Waals surface area (Å²) in [6, 6.07) is 10.0. The summed E-state index contributed by atoms with van der Waals surface area (Å²) in [6.45, 7) is 14.2. The second-order valence-corrected chi connectivity index (χ2v) is 5.35. The van der Waals surface area contributed by atoms with Crippen molar-refractivity contribution in [2.45, 2.75) is 20.8 Å². The lowest BCUT2D eigenvalue weighted by molar-refractivity contribution is 0.955. The van der Waals surface area contributed by atoms with Gasteiger partial charge in [0.05, 0.1) is 17.0 Å². The van der Waals surface area contributed by atoms with E-state index in [1.807, 2.05) is 37.3 Å². The highest BCUT2D eigenvalue weighted by molar-refractivity contribution is 5.85. The zero-order chi connectivity index (χ0) is 18.8. The molecule has 0 amide bonds. The van der Waals surface area contributed by atoms with Crippen LogP contribution in [0.15, 0.2) is 71.5 Å². The molecule has 0 unspecified atom stereocenters. The average Bonchev–Trinajstić information content (AvgIpc) is 2.60. The van der Waals surface area contributed by atoms with Gasteiger partial charge in [-0.3, -0.25) is 10.8 Å². The van der Waals surface area contributed by atoms with E-state index in [0.29, 0.717) is 17.0 Å². The fourth-order valence-electron chi connectivity index (χ4n) is 2.31. The van der Waals surface area contributed by atoms with E-state index in [9.17, 15) is 0 Å². The standard InChI is InChI=1S/C20H25N5/c1-6-17(14-21)16(5)23-12-11-20(24-22)18-9-8-10-19(13-18)25(7-2)15(3)4/h6,8-13,24H,1,3,7,22H2,2,4-5H3/b17-16-,20-11-,23-12-. The molecule has 0 aliphatic heterocycles. The summed E-state index contributed by atoms with van der Waals surface area (Å²) < 4.78 is 0. The monoisotopic (exact) mass is 335 g/mol. The van der Waals surface area contributed by atoms with Crippen molar-refractivity contribution in [2.75, 3.05) is 11.4 Å². The van der Waals surface area contributed by atoms with E-state index < -0.39 is 0 Å². The molecule has 25 heavy (non-hydrogen) atoms. The molecule has 0 aromatic heterocycles. The van der Waals surface area contributed by atoms with Gasteiger partial charge >= 0.3 is 0 Å². The highest BCUT2D eigenvalue weighted by atomic mass is 15.2. The number of hydrogen-bond acceptors (Lipinski definition) is 5. The quantitative estimate of drug-likeness (QED) is 0.248. The Kier molecular flexibility index (Phi) is 7.91. The van der Waals surface area contributed by atoms with E-state index >= 15 is 0 Å². The first-order valence-electron chi connectivity index (χ1n) is 7.96. The van der Waals surface area contributed by atoms with Crippen LogP contribution in [0.5, 0.6) is 0 Å². The summed E-state index contributed by atoms with van der Waals surface area (Å²) in [5, 5.41) is 8.97. The smallest absolute Gasteiger partial charge is 0.101 e. The van der Waals surface area contributed by atoms with Crippen LogP contribution >= 0.6 is 0 Å². The molecule has 0 aliphatic rings. The summed E-state index contributed by atoms with van der Waals surface area (Å²) in [4.78, 5) is 6.36. The average molecular weight is 335 g/mol. The molecular formula is C20H25N5. The third-order valence-electron chi connectivity index (χ3n) is 3.63. The van der Waals surface area contributed by atoms with E-state index in [4.69, 9.17) is 11.1 Å². The maximum atomic E-state index is 8.97. The van der Waals surface area contributed by atoms with Gasteiger partial charge in [0.15, 0.2) is 0 Å². The Labute approximate surface area is 150 Å². The van der Waals surface area contributed by atoms with Crippen molar-refractivity contribution < 1.29 is 0 Å². The number of hydrazine groups is 1. The Morgan fingerprint density at radius 3 is 2.68 bits per heavy atom. The molecule has 0 bridgehead atoms. The summed E-state index contributed by atoms with van der Waals surface area (Å²) in [6.07, 6.45) is 4.85. The lowest BCUT2D eigenvalue weighted by Gasteiger charge is -2.23. The van der Waals surface area contributed by atoms with Gasteiger partial charge in [0.2, 0.25) is 0 Å². The number of aliphatic imine (C=N–C) groups is 1. The van der Waals surface area contributed by atoms with Crippen molar-refractivity contribution in [3.8, 4) is 6.07 Å². The number of nitrogens with zero attached hydrogens (tertiary/aromatic N) is 3. The number of rotatable bonds is 8. The number of anilines is 1. The normalized spacial score (nSPS) is 12.4. The zero-order valence-electron chi connectivity index (χ0n) is 15.1. The molecule has 1 aromatic carbocycles. The highest BCUT2D eigenvalue weighted by Crippen LogP contribution is 2.22. The first-order chi connectivity index (χ1) is 12.0. The van der Waals surface area contributed by atoms with Gasteiger partial charge < -0.3 is 10.3 Å². The van der Waals surface area contributed by atoms with Crippen molar-refractivity contribution in [1.82, 2.24) is 5.43 Å². The summed E-state index contributed by atoms with van der Waals surface area (Å²) in [7, 11) is 0. The van der Waals surface area contributed by atoms with E-state index in [-0.39, 0.29) is 0 Å². The van der Waals surface area contributed by atoms with Crippen LogP contribution < -0.4 is 16.2 Å². The van der Waals surface area contributed by atoms with Gasteiger partial charge in [-0.05, 0) is 45.1 Å². The Balaban J connectivity index is 3.16. The number of hydrogen-bond donors (Lipinski definition) is 2. The predicted octanol–water partition coefficient (Wildman–Crippen LogP) is 3.91. The zero-order valence-corrected chi connectivity index (χ0v) is 15.1. The van der Waals surface area contributed by atoms with Crippen molar-refractivity contribution in [3.05, 3.63) is 72.1 Å². The van der Waals surface area contributed by atoms with Crippen LogP contribution in [-0.2, 0) is 0 Å². The molecule has 0 radical (unpaired) electrons. The Bertz CT molecular complexity index is 763. The minimum absolute atomic E-state index is 0.439. The molecule has 0 aliphatic carbocycles. The first kappa shape index (κ1) is 19.9. The molecule has 0 spiro atoms. The van der Waals surface area contributed by atoms with E-state index in [2.05, 4.69) is 35.4 Å². The van der Waals surface area contributed by atoms with Gasteiger partial charge in [-0.1, -0.05) is 25.3 Å². The van der Waals surface area contributed by atoms with Crippen molar-refractivity contribution >= 4 is 17.6 Å². The number of nitrogens with one attached hydrogen (secondary N) is 1. The van der Waals surface area contributed by atoms with Crippen LogP contribution in [0.25, 0.3) is 5.70 Å². The fraction of sp³-hybridized carbons (Fsp3) is 0.200. The largest absolute Gasteiger partial charge is 0.346 e. The molecule has 5 heteroatoms. The molecule has 0 heterocycles. The second-order valence-electron chi connectivity index (χ2n) is 5.35. The third-order valence-corrected chi connectivity index (χ3v) is 3.63. The van der Waals surface area contributed by atoms with Crippen molar-refractivity contribution in [2.24, 2.45) is 10.8 Å². The number of benzene rings is 1. The van der Waals surface area contributed by atoms with Gasteiger partial charge in [0.1, 0.15) is 6.07 Å². The maximum absolute atomic E-state index is 8.97. The molecule has 130 valence electrons. The fourth-order valence-corrected chi connectivity index (χ4v) is 2.31. The number of nitrogens with two attached hydrogens (primary N) is 1. The van der Waals surface area contributed by atoms with Gasteiger partial charge in [0, 0.05) is 29.7 Å². The first-order valence-corrected chi connectivity index (χ1v) is 7.96. The Morgan fingerprint density at radius 2 is 2.16 bits per heavy atom. The van der Waals surface area contributed by atoms with E-state index in [1.54, 1.807) is 19.2 Å². The van der Waals surface area contributed by atoms with Crippen LogP contribution in [0.4, 0.5) is 5.69 Å². The lowest BCUT2D eigenvalue weighted by Crippen LogP contribution is -2.22. The van der Waals surface area contributed by atoms with Gasteiger partial charge in [0.25, 0.3) is 0 Å². The summed E-state index contributed by atoms with van der Waals surface area (Å²) in [5.74, 6) is 5.66. The summed E-state index contributed by atoms with van der Waals surface area (Å²) in [5.41, 5.74) is 7.38. The van der Waals surface area contributed by atoms with E-state index in [0.717, 1.165) is 23.5 Å². The van der Waals surface area contributed by atoms with Crippen molar-refractivity contribution in [1.29, 1.82) is 5.26 Å². The van der Waals surface area contributed by atoms with Crippen LogP contribution in [0.1, 0.15) is 26.3 Å². The van der Waals surface area contributed by atoms with Crippen LogP contribution in [0.2, 0.25) is 0 Å². The van der Waals surface area contributed by atoms with Crippen molar-refractivity contribution in [3.63, 3.8) is 0 Å². The van der Waals surface area contributed by atoms with Gasteiger partial charge in [-0.2, -0.15) is 5.26 Å². The lowest BCUT2D eigenvalue weighted by atomic mass is 10.1. The minimum Gasteiger partial charge on any atom is -0.346 e. The summed E-state index contributed by atoms with van der Waals surface area (Å²) >= 11 is 0. The SMILES string of the molecule is C=C/C(C#N)=C(C)/N=C\C=C(/NN)c1cccc(N(CC)C(=C)C)c1. The molecule has 0 fully saturated rings.